The van der Waals surface area contributed by atoms with Gasteiger partial charge in [0, 0.05) is 26.2 Å². The number of hydrogen-bond donors (Lipinski definition) is 1. The molecular formula is C13H18N4S. The molecule has 2 rings (SSSR count). The van der Waals surface area contributed by atoms with Crippen LogP contribution in [0, 0.1) is 13.8 Å². The Bertz CT molecular complexity index is 522. The Kier molecular flexibility index (Phi) is 3.81. The fourth-order valence-corrected chi connectivity index (χ4v) is 2.62. The molecule has 0 saturated heterocycles. The molecule has 1 N–H and O–H groups in total. The van der Waals surface area contributed by atoms with Gasteiger partial charge in [0.05, 0.1) is 0 Å². The van der Waals surface area contributed by atoms with E-state index in [1.165, 1.54) is 5.56 Å². The average molecular weight is 262 g/mol. The molecule has 0 atom stereocenters. The summed E-state index contributed by atoms with van der Waals surface area (Å²) < 4.78 is 0. The van der Waals surface area contributed by atoms with Crippen LogP contribution in [0.1, 0.15) is 17.0 Å². The summed E-state index contributed by atoms with van der Waals surface area (Å²) in [5, 5.41) is 7.38. The molecule has 18 heavy (non-hydrogen) atoms. The van der Waals surface area contributed by atoms with Crippen LogP contribution in [0.25, 0.3) is 0 Å². The van der Waals surface area contributed by atoms with Gasteiger partial charge in [0.25, 0.3) is 0 Å². The van der Waals surface area contributed by atoms with Crippen LogP contribution < -0.4 is 10.2 Å². The van der Waals surface area contributed by atoms with E-state index in [-0.39, 0.29) is 0 Å². The maximum Gasteiger partial charge on any atom is 0.137 e. The van der Waals surface area contributed by atoms with Crippen LogP contribution in [0.2, 0.25) is 0 Å². The molecule has 0 aliphatic rings. The minimum absolute atomic E-state index is 0.789. The van der Waals surface area contributed by atoms with E-state index >= 15 is 0 Å². The van der Waals surface area contributed by atoms with Crippen LogP contribution in [-0.4, -0.2) is 24.1 Å². The Hall–Kier alpha value is -1.62. The monoisotopic (exact) mass is 262 g/mol. The lowest BCUT2D eigenvalue weighted by Crippen LogP contribution is -2.20. The molecule has 0 aromatic carbocycles. The molecule has 0 aliphatic heterocycles. The summed E-state index contributed by atoms with van der Waals surface area (Å²) in [6.45, 7) is 4.83. The number of nitrogens with one attached hydrogen (secondary N) is 1. The van der Waals surface area contributed by atoms with E-state index in [0.717, 1.165) is 29.6 Å². The third-order valence-corrected chi connectivity index (χ3v) is 3.56. The quantitative estimate of drug-likeness (QED) is 0.920. The molecule has 0 fully saturated rings. The highest BCUT2D eigenvalue weighted by Crippen LogP contribution is 2.23. The zero-order valence-electron chi connectivity index (χ0n) is 11.2. The third kappa shape index (κ3) is 2.61. The standard InChI is InChI=1S/C13H18N4S/c1-9-12(14-3)15-10(2)16-13(9)17(4)7-11-5-6-18-8-11/h5-6,8H,7H2,1-4H3,(H,14,15,16). The Balaban J connectivity index is 2.29. The van der Waals surface area contributed by atoms with Gasteiger partial charge in [0.15, 0.2) is 0 Å². The Morgan fingerprint density at radius 3 is 2.72 bits per heavy atom. The number of rotatable bonds is 4. The lowest BCUT2D eigenvalue weighted by molar-refractivity contribution is 0.873. The third-order valence-electron chi connectivity index (χ3n) is 2.83. The fraction of sp³-hybridized carbons (Fsp3) is 0.385. The molecule has 0 unspecified atom stereocenters. The molecule has 0 radical (unpaired) electrons. The first kappa shape index (κ1) is 12.8. The number of anilines is 2. The van der Waals surface area contributed by atoms with Gasteiger partial charge in [-0.05, 0) is 36.2 Å². The number of thiophene rings is 1. The second kappa shape index (κ2) is 5.35. The summed E-state index contributed by atoms with van der Waals surface area (Å²) in [7, 11) is 3.95. The van der Waals surface area contributed by atoms with Crippen LogP contribution >= 0.6 is 11.3 Å². The van der Waals surface area contributed by atoms with Gasteiger partial charge >= 0.3 is 0 Å². The average Bonchev–Trinajstić information content (AvgIpc) is 2.84. The maximum atomic E-state index is 4.54. The van der Waals surface area contributed by atoms with Gasteiger partial charge in [-0.15, -0.1) is 0 Å². The molecule has 2 aromatic heterocycles. The van der Waals surface area contributed by atoms with Crippen LogP contribution in [0.3, 0.4) is 0 Å². The summed E-state index contributed by atoms with van der Waals surface area (Å²) in [6.07, 6.45) is 0. The van der Waals surface area contributed by atoms with Crippen molar-refractivity contribution in [1.82, 2.24) is 9.97 Å². The summed E-state index contributed by atoms with van der Waals surface area (Å²) in [6, 6.07) is 2.14. The van der Waals surface area contributed by atoms with Crippen LogP contribution in [0.15, 0.2) is 16.8 Å². The van der Waals surface area contributed by atoms with Gasteiger partial charge in [-0.25, -0.2) is 9.97 Å². The van der Waals surface area contributed by atoms with E-state index in [4.69, 9.17) is 0 Å². The van der Waals surface area contributed by atoms with E-state index < -0.39 is 0 Å². The Morgan fingerprint density at radius 1 is 1.33 bits per heavy atom. The molecule has 0 bridgehead atoms. The molecule has 4 nitrogen and oxygen atoms in total. The lowest BCUT2D eigenvalue weighted by Gasteiger charge is -2.21. The predicted octanol–water partition coefficient (Wildman–Crippen LogP) is 2.83. The van der Waals surface area contributed by atoms with E-state index in [0.29, 0.717) is 0 Å². The zero-order chi connectivity index (χ0) is 13.1. The van der Waals surface area contributed by atoms with Crippen LogP contribution in [0.4, 0.5) is 11.6 Å². The van der Waals surface area contributed by atoms with Crippen molar-refractivity contribution in [2.24, 2.45) is 0 Å². The van der Waals surface area contributed by atoms with Gasteiger partial charge in [-0.1, -0.05) is 0 Å². The van der Waals surface area contributed by atoms with Crippen molar-refractivity contribution in [1.29, 1.82) is 0 Å². The predicted molar refractivity (Wildman–Crippen MR) is 77.5 cm³/mol. The zero-order valence-corrected chi connectivity index (χ0v) is 12.0. The van der Waals surface area contributed by atoms with Crippen molar-refractivity contribution in [2.45, 2.75) is 20.4 Å². The summed E-state index contributed by atoms with van der Waals surface area (Å²) >= 11 is 1.72. The van der Waals surface area contributed by atoms with Crippen molar-refractivity contribution in [3.05, 3.63) is 33.8 Å². The molecule has 96 valence electrons. The van der Waals surface area contributed by atoms with E-state index in [1.807, 2.05) is 20.9 Å². The highest BCUT2D eigenvalue weighted by molar-refractivity contribution is 7.07. The van der Waals surface area contributed by atoms with Gasteiger partial charge in [-0.2, -0.15) is 11.3 Å². The van der Waals surface area contributed by atoms with Crippen molar-refractivity contribution >= 4 is 23.0 Å². The second-order valence-corrected chi connectivity index (χ2v) is 5.09. The van der Waals surface area contributed by atoms with Crippen molar-refractivity contribution < 1.29 is 0 Å². The summed E-state index contributed by atoms with van der Waals surface area (Å²) in [5.74, 6) is 2.67. The summed E-state index contributed by atoms with van der Waals surface area (Å²) in [4.78, 5) is 11.1. The molecule has 0 saturated carbocycles. The molecule has 5 heteroatoms. The Morgan fingerprint density at radius 2 is 2.11 bits per heavy atom. The van der Waals surface area contributed by atoms with Crippen LogP contribution in [0.5, 0.6) is 0 Å². The molecule has 0 amide bonds. The molecular weight excluding hydrogens is 244 g/mol. The highest BCUT2D eigenvalue weighted by Gasteiger charge is 2.12. The SMILES string of the molecule is CNc1nc(C)nc(N(C)Cc2ccsc2)c1C. The Labute approximate surface area is 112 Å². The van der Waals surface area contributed by atoms with Crippen molar-refractivity contribution in [3.8, 4) is 0 Å². The van der Waals surface area contributed by atoms with Gasteiger partial charge in [-0.3, -0.25) is 0 Å². The van der Waals surface area contributed by atoms with Crippen molar-refractivity contribution in [2.75, 3.05) is 24.3 Å². The highest BCUT2D eigenvalue weighted by atomic mass is 32.1. The molecule has 0 aliphatic carbocycles. The normalized spacial score (nSPS) is 10.4. The maximum absolute atomic E-state index is 4.54. The van der Waals surface area contributed by atoms with E-state index in [2.05, 4.69) is 44.1 Å². The van der Waals surface area contributed by atoms with Gasteiger partial charge in [0.1, 0.15) is 17.5 Å². The summed E-state index contributed by atoms with van der Waals surface area (Å²) in [5.41, 5.74) is 2.39. The topological polar surface area (TPSA) is 41.1 Å². The molecule has 2 heterocycles. The largest absolute Gasteiger partial charge is 0.373 e. The smallest absolute Gasteiger partial charge is 0.137 e. The number of nitrogens with zero attached hydrogens (tertiary/aromatic N) is 3. The number of aromatic nitrogens is 2. The van der Waals surface area contributed by atoms with Crippen LogP contribution in [-0.2, 0) is 6.54 Å². The first-order valence-corrected chi connectivity index (χ1v) is 6.81. The van der Waals surface area contributed by atoms with Gasteiger partial charge < -0.3 is 10.2 Å². The number of aryl methyl sites for hydroxylation is 1. The lowest BCUT2D eigenvalue weighted by atomic mass is 10.2. The first-order chi connectivity index (χ1) is 8.61. The number of hydrogen-bond acceptors (Lipinski definition) is 5. The molecule has 0 spiro atoms. The van der Waals surface area contributed by atoms with E-state index in [1.54, 1.807) is 11.3 Å². The molecule has 2 aromatic rings. The minimum atomic E-state index is 0.789. The second-order valence-electron chi connectivity index (χ2n) is 4.31. The first-order valence-electron chi connectivity index (χ1n) is 5.87. The van der Waals surface area contributed by atoms with Crippen molar-refractivity contribution in [3.63, 3.8) is 0 Å². The van der Waals surface area contributed by atoms with Gasteiger partial charge in [0.2, 0.25) is 0 Å². The minimum Gasteiger partial charge on any atom is -0.373 e. The van der Waals surface area contributed by atoms with E-state index in [9.17, 15) is 0 Å². The fourth-order valence-electron chi connectivity index (χ4n) is 1.96.